The van der Waals surface area contributed by atoms with Gasteiger partial charge in [0.25, 0.3) is 0 Å². The van der Waals surface area contributed by atoms with Crippen molar-refractivity contribution in [3.8, 4) is 16.8 Å². The monoisotopic (exact) mass is 750 g/mol. The number of para-hydroxylation sites is 1. The number of hydrogen-bond donors (Lipinski definition) is 2. The fourth-order valence-corrected chi connectivity index (χ4v) is 8.49. The summed E-state index contributed by atoms with van der Waals surface area (Å²) >= 11 is 4.40. The molecule has 6 aromatic carbocycles. The van der Waals surface area contributed by atoms with E-state index < -0.39 is 0 Å². The lowest BCUT2D eigenvalue weighted by atomic mass is 10.0. The number of allylic oxidation sites excluding steroid dienone is 5. The molecular formula is C50H42N2OS2. The summed E-state index contributed by atoms with van der Waals surface area (Å²) in [7, 11) is 0. The molecule has 5 heteroatoms. The highest BCUT2D eigenvalue weighted by Gasteiger charge is 2.21. The minimum Gasteiger partial charge on any atom is -0.333 e. The van der Waals surface area contributed by atoms with Crippen molar-refractivity contribution in [3.05, 3.63) is 217 Å². The second-order valence-electron chi connectivity index (χ2n) is 13.0. The standard InChI is InChI=1S/C50H40N2S.H2OS/c1-4-18-41(26-17-21-37-19-9-6-10-20-37)52(43-31-29-39(30-32-43)38-22-11-7-12-23-38)40(5-2)35-46-36(3)51(42-24-13-8-14-25-42)47-34-33-45-44-27-15-16-28-48(44)53-50(45)49(46)47;1-2/h4-35H,2H2,1,3H3;1-2H/b18-4-,21-17+,40-35+,41-26+;. The quantitative estimate of drug-likeness (QED) is 0.0828. The van der Waals surface area contributed by atoms with Gasteiger partial charge in [-0.05, 0) is 104 Å². The summed E-state index contributed by atoms with van der Waals surface area (Å²) in [5, 5.41) is 3.83. The summed E-state index contributed by atoms with van der Waals surface area (Å²) < 4.78 is 11.7. The molecule has 0 bridgehead atoms. The SMILES string of the molecule is C=C/C(=C\c1c(C)n(-c2ccccc2)c2ccc3c4ccccc4sc3c12)N(C(/C=C\C)=C/C=C/c1ccccc1)c1ccc(-c2ccccc2)cc1.OS. The maximum Gasteiger partial charge on any atom is 0.0552 e. The van der Waals surface area contributed by atoms with Crippen LogP contribution in [0.2, 0.25) is 0 Å². The van der Waals surface area contributed by atoms with Gasteiger partial charge >= 0.3 is 0 Å². The molecule has 270 valence electrons. The maximum atomic E-state index is 6.69. The lowest BCUT2D eigenvalue weighted by molar-refractivity contribution is 0.679. The number of aromatic nitrogens is 1. The van der Waals surface area contributed by atoms with E-state index in [9.17, 15) is 0 Å². The van der Waals surface area contributed by atoms with Gasteiger partial charge in [-0.2, -0.15) is 0 Å². The topological polar surface area (TPSA) is 28.4 Å². The number of nitrogens with zero attached hydrogens (tertiary/aromatic N) is 2. The zero-order valence-corrected chi connectivity index (χ0v) is 32.6. The van der Waals surface area contributed by atoms with E-state index in [1.807, 2.05) is 23.5 Å². The van der Waals surface area contributed by atoms with Crippen LogP contribution in [0.5, 0.6) is 0 Å². The van der Waals surface area contributed by atoms with E-state index in [-0.39, 0.29) is 0 Å². The van der Waals surface area contributed by atoms with E-state index in [1.165, 1.54) is 53.5 Å². The number of thiophene rings is 1. The Morgan fingerprint density at radius 3 is 2.04 bits per heavy atom. The first-order valence-corrected chi connectivity index (χ1v) is 19.4. The average Bonchev–Trinajstić information content (AvgIpc) is 3.76. The van der Waals surface area contributed by atoms with E-state index in [1.54, 1.807) is 0 Å². The highest BCUT2D eigenvalue weighted by Crippen LogP contribution is 2.43. The molecule has 0 unspecified atom stereocenters. The molecule has 8 aromatic rings. The molecule has 0 amide bonds. The Labute approximate surface area is 333 Å². The van der Waals surface area contributed by atoms with E-state index in [2.05, 4.69) is 225 Å². The molecule has 55 heavy (non-hydrogen) atoms. The summed E-state index contributed by atoms with van der Waals surface area (Å²) in [5.74, 6) is 0. The molecule has 3 nitrogen and oxygen atoms in total. The number of benzene rings is 6. The Balaban J connectivity index is 0.00000229. The molecule has 1 N–H and O–H groups in total. The Kier molecular flexibility index (Phi) is 11.7. The van der Waals surface area contributed by atoms with E-state index in [4.69, 9.17) is 4.55 Å². The van der Waals surface area contributed by atoms with Crippen LogP contribution in [0.3, 0.4) is 0 Å². The van der Waals surface area contributed by atoms with Crippen LogP contribution in [-0.4, -0.2) is 9.12 Å². The average molecular weight is 751 g/mol. The van der Waals surface area contributed by atoms with Crippen molar-refractivity contribution in [2.45, 2.75) is 13.8 Å². The molecule has 0 radical (unpaired) electrons. The molecule has 0 aliphatic rings. The summed E-state index contributed by atoms with van der Waals surface area (Å²) in [6.45, 7) is 8.73. The van der Waals surface area contributed by atoms with Crippen molar-refractivity contribution in [2.24, 2.45) is 0 Å². The summed E-state index contributed by atoms with van der Waals surface area (Å²) in [6, 6.07) is 53.8. The van der Waals surface area contributed by atoms with Crippen LogP contribution < -0.4 is 4.90 Å². The van der Waals surface area contributed by atoms with Gasteiger partial charge in [-0.25, -0.2) is 0 Å². The smallest absolute Gasteiger partial charge is 0.0552 e. The highest BCUT2D eigenvalue weighted by molar-refractivity contribution is 7.74. The molecule has 2 heterocycles. The molecule has 0 atom stereocenters. The molecule has 0 saturated heterocycles. The van der Waals surface area contributed by atoms with Crippen molar-refractivity contribution in [1.29, 1.82) is 0 Å². The van der Waals surface area contributed by atoms with Crippen molar-refractivity contribution >= 4 is 73.2 Å². The van der Waals surface area contributed by atoms with Gasteiger partial charge in [0.05, 0.1) is 5.52 Å². The van der Waals surface area contributed by atoms with Gasteiger partial charge in [0.1, 0.15) is 0 Å². The molecule has 0 spiro atoms. The minimum absolute atomic E-state index is 0.975. The van der Waals surface area contributed by atoms with Crippen molar-refractivity contribution in [3.63, 3.8) is 0 Å². The van der Waals surface area contributed by atoms with Gasteiger partial charge in [0.2, 0.25) is 0 Å². The predicted molar refractivity (Wildman–Crippen MR) is 243 cm³/mol. The van der Waals surface area contributed by atoms with Gasteiger partial charge in [0, 0.05) is 59.6 Å². The van der Waals surface area contributed by atoms with E-state index in [0.29, 0.717) is 0 Å². The zero-order chi connectivity index (χ0) is 38.1. The fraction of sp³-hybridized carbons (Fsp3) is 0.0400. The number of thiol groups is 1. The van der Waals surface area contributed by atoms with Gasteiger partial charge in [-0.1, -0.05) is 140 Å². The van der Waals surface area contributed by atoms with Gasteiger partial charge in [-0.3, -0.25) is 0 Å². The van der Waals surface area contributed by atoms with Crippen LogP contribution in [0.4, 0.5) is 5.69 Å². The second kappa shape index (κ2) is 17.4. The summed E-state index contributed by atoms with van der Waals surface area (Å²) in [6.07, 6.45) is 15.0. The molecule has 8 rings (SSSR count). The zero-order valence-electron chi connectivity index (χ0n) is 30.9. The van der Waals surface area contributed by atoms with Crippen LogP contribution in [0.1, 0.15) is 23.7 Å². The predicted octanol–water partition coefficient (Wildman–Crippen LogP) is 14.6. The molecule has 0 fully saturated rings. The molecular weight excluding hydrogens is 709 g/mol. The van der Waals surface area contributed by atoms with E-state index in [0.717, 1.165) is 28.3 Å². The highest BCUT2D eigenvalue weighted by atomic mass is 32.1. The van der Waals surface area contributed by atoms with Crippen molar-refractivity contribution in [1.82, 2.24) is 4.57 Å². The Morgan fingerprint density at radius 1 is 0.709 bits per heavy atom. The first kappa shape index (κ1) is 37.2. The summed E-state index contributed by atoms with van der Waals surface area (Å²) in [5.41, 5.74) is 11.3. The second-order valence-corrected chi connectivity index (χ2v) is 14.0. The third-order valence-electron chi connectivity index (χ3n) is 9.72. The lowest BCUT2D eigenvalue weighted by Gasteiger charge is -2.27. The van der Waals surface area contributed by atoms with Crippen molar-refractivity contribution < 1.29 is 4.55 Å². The van der Waals surface area contributed by atoms with Gasteiger partial charge in [-0.15, -0.1) is 11.3 Å². The number of anilines is 1. The molecule has 0 aliphatic heterocycles. The van der Waals surface area contributed by atoms with Crippen molar-refractivity contribution in [2.75, 3.05) is 4.90 Å². The molecule has 0 aliphatic carbocycles. The first-order chi connectivity index (χ1) is 27.1. The van der Waals surface area contributed by atoms with Crippen LogP contribution in [-0.2, 0) is 0 Å². The number of fused-ring (bicyclic) bond motifs is 5. The first-order valence-electron chi connectivity index (χ1n) is 18.2. The largest absolute Gasteiger partial charge is 0.333 e. The molecule has 2 aromatic heterocycles. The Bertz CT molecular complexity index is 2680. The lowest BCUT2D eigenvalue weighted by Crippen LogP contribution is -2.20. The number of rotatable bonds is 10. The van der Waals surface area contributed by atoms with Crippen LogP contribution in [0, 0.1) is 6.92 Å². The van der Waals surface area contributed by atoms with Gasteiger partial charge in [0.15, 0.2) is 0 Å². The minimum atomic E-state index is 0.975. The summed E-state index contributed by atoms with van der Waals surface area (Å²) in [4.78, 5) is 2.31. The fourth-order valence-electron chi connectivity index (χ4n) is 7.23. The van der Waals surface area contributed by atoms with Crippen LogP contribution in [0.25, 0.3) is 60.0 Å². The normalized spacial score (nSPS) is 12.1. The van der Waals surface area contributed by atoms with Crippen LogP contribution in [0.15, 0.2) is 200 Å². The third kappa shape index (κ3) is 7.64. The van der Waals surface area contributed by atoms with E-state index >= 15 is 0 Å². The third-order valence-corrected chi connectivity index (χ3v) is 10.9. The Hall–Kier alpha value is -6.11. The number of hydrogen-bond acceptors (Lipinski definition) is 4. The van der Waals surface area contributed by atoms with Crippen LogP contribution >= 0.6 is 24.2 Å². The van der Waals surface area contributed by atoms with Gasteiger partial charge < -0.3 is 14.0 Å². The molecule has 0 saturated carbocycles. The Morgan fingerprint density at radius 2 is 1.35 bits per heavy atom. The maximum absolute atomic E-state index is 6.69.